The van der Waals surface area contributed by atoms with Crippen molar-refractivity contribution in [2.45, 2.75) is 31.4 Å². The highest BCUT2D eigenvalue weighted by atomic mass is 33.1. The molecule has 1 fully saturated rings. The summed E-state index contributed by atoms with van der Waals surface area (Å²) in [6, 6.07) is 0. The van der Waals surface area contributed by atoms with Crippen LogP contribution < -0.4 is 0 Å². The molecule has 1 aliphatic rings. The summed E-state index contributed by atoms with van der Waals surface area (Å²) in [5.41, 5.74) is 0. The average molecular weight is 235 g/mol. The predicted octanol–water partition coefficient (Wildman–Crippen LogP) is 2.05. The topological polar surface area (TPSA) is 23.5 Å². The number of aliphatic hydroxyl groups excluding tert-OH is 1. The molecule has 84 valence electrons. The molecule has 1 aliphatic heterocycles. The molecule has 1 N–H and O–H groups in total. The Hall–Kier alpha value is 0.620. The van der Waals surface area contributed by atoms with E-state index >= 15 is 0 Å². The van der Waals surface area contributed by atoms with Gasteiger partial charge in [-0.05, 0) is 45.7 Å². The van der Waals surface area contributed by atoms with Gasteiger partial charge in [-0.2, -0.15) is 0 Å². The summed E-state index contributed by atoms with van der Waals surface area (Å²) in [4.78, 5) is 2.48. The molecule has 0 atom stereocenters. The molecule has 0 unspecified atom stereocenters. The molecule has 0 aliphatic carbocycles. The van der Waals surface area contributed by atoms with Gasteiger partial charge < -0.3 is 10.0 Å². The van der Waals surface area contributed by atoms with Gasteiger partial charge in [0.2, 0.25) is 0 Å². The smallest absolute Gasteiger partial charge is 0.0460 e. The monoisotopic (exact) mass is 235 g/mol. The molecule has 2 nitrogen and oxygen atoms in total. The first-order chi connectivity index (χ1) is 6.57. The molecule has 0 saturated carbocycles. The number of thiol groups is 1. The van der Waals surface area contributed by atoms with Gasteiger partial charge in [-0.3, -0.25) is 0 Å². The van der Waals surface area contributed by atoms with Gasteiger partial charge in [-0.25, -0.2) is 0 Å². The summed E-state index contributed by atoms with van der Waals surface area (Å²) in [6.07, 6.45) is 2.29. The lowest BCUT2D eigenvalue weighted by atomic mass is 9.97. The van der Waals surface area contributed by atoms with Gasteiger partial charge in [0.15, 0.2) is 0 Å². The minimum Gasteiger partial charge on any atom is -0.396 e. The van der Waals surface area contributed by atoms with E-state index in [1.165, 1.54) is 0 Å². The van der Waals surface area contributed by atoms with E-state index in [1.54, 1.807) is 10.8 Å². The van der Waals surface area contributed by atoms with Crippen LogP contribution in [0.15, 0.2) is 0 Å². The van der Waals surface area contributed by atoms with Crippen LogP contribution in [0.2, 0.25) is 0 Å². The van der Waals surface area contributed by atoms with Crippen molar-refractivity contribution in [3.8, 4) is 0 Å². The first kappa shape index (κ1) is 12.7. The lowest BCUT2D eigenvalue weighted by molar-refractivity contribution is 0.127. The van der Waals surface area contributed by atoms with Crippen LogP contribution in [-0.2, 0) is 0 Å². The van der Waals surface area contributed by atoms with Crippen molar-refractivity contribution in [3.63, 3.8) is 0 Å². The second-order valence-electron chi connectivity index (χ2n) is 4.75. The van der Waals surface area contributed by atoms with Crippen LogP contribution in [0.3, 0.4) is 0 Å². The lowest BCUT2D eigenvalue weighted by Gasteiger charge is -2.35. The van der Waals surface area contributed by atoms with Gasteiger partial charge >= 0.3 is 0 Å². The molecule has 14 heavy (non-hydrogen) atoms. The van der Waals surface area contributed by atoms with Crippen molar-refractivity contribution in [2.75, 3.05) is 26.2 Å². The molecular formula is C10H21NOS2. The quantitative estimate of drug-likeness (QED) is 0.576. The van der Waals surface area contributed by atoms with Gasteiger partial charge in [0.25, 0.3) is 0 Å². The van der Waals surface area contributed by atoms with E-state index in [0.29, 0.717) is 12.5 Å². The molecule has 0 spiro atoms. The number of hydrogen-bond donors (Lipinski definition) is 2. The summed E-state index contributed by atoms with van der Waals surface area (Å²) < 4.78 is 0.231. The van der Waals surface area contributed by atoms with Gasteiger partial charge in [-0.15, -0.1) is 11.7 Å². The molecular weight excluding hydrogens is 214 g/mol. The predicted molar refractivity (Wildman–Crippen MR) is 66.9 cm³/mol. The van der Waals surface area contributed by atoms with Crippen LogP contribution >= 0.6 is 22.5 Å². The zero-order valence-corrected chi connectivity index (χ0v) is 10.8. The van der Waals surface area contributed by atoms with Gasteiger partial charge in [-0.1, -0.05) is 10.8 Å². The van der Waals surface area contributed by atoms with E-state index in [0.717, 1.165) is 32.5 Å². The Morgan fingerprint density at radius 3 is 2.43 bits per heavy atom. The number of likely N-dealkylation sites (tertiary alicyclic amines) is 1. The zero-order valence-electron chi connectivity index (χ0n) is 9.07. The third-order valence-corrected chi connectivity index (χ3v) is 4.92. The lowest BCUT2D eigenvalue weighted by Crippen LogP contribution is -2.41. The summed E-state index contributed by atoms with van der Waals surface area (Å²) in [5.74, 6) is 0.540. The maximum Gasteiger partial charge on any atom is 0.0460 e. The summed E-state index contributed by atoms with van der Waals surface area (Å²) >= 11 is 4.29. The highest BCUT2D eigenvalue weighted by Crippen LogP contribution is 2.29. The SMILES string of the molecule is CC(C)(CN1CCC(CO)CC1)SS. The molecule has 0 radical (unpaired) electrons. The van der Waals surface area contributed by atoms with Crippen molar-refractivity contribution in [1.82, 2.24) is 4.90 Å². The van der Waals surface area contributed by atoms with Crippen LogP contribution in [0, 0.1) is 5.92 Å². The first-order valence-corrected chi connectivity index (χ1v) is 7.10. The Morgan fingerprint density at radius 1 is 1.43 bits per heavy atom. The van der Waals surface area contributed by atoms with E-state index in [4.69, 9.17) is 5.11 Å². The second kappa shape index (κ2) is 5.64. The van der Waals surface area contributed by atoms with Gasteiger partial charge in [0.1, 0.15) is 0 Å². The Morgan fingerprint density at radius 2 is 2.00 bits per heavy atom. The number of rotatable bonds is 4. The minimum atomic E-state index is 0.231. The summed E-state index contributed by atoms with van der Waals surface area (Å²) in [6.45, 7) is 8.16. The molecule has 0 bridgehead atoms. The van der Waals surface area contributed by atoms with Crippen LogP contribution in [0.25, 0.3) is 0 Å². The maximum atomic E-state index is 9.02. The van der Waals surface area contributed by atoms with Crippen molar-refractivity contribution < 1.29 is 5.11 Å². The Bertz CT molecular complexity index is 168. The molecule has 1 saturated heterocycles. The summed E-state index contributed by atoms with van der Waals surface area (Å²) in [5, 5.41) is 9.02. The van der Waals surface area contributed by atoms with Crippen molar-refractivity contribution in [2.24, 2.45) is 5.92 Å². The molecule has 4 heteroatoms. The number of aliphatic hydroxyl groups is 1. The Kier molecular flexibility index (Phi) is 5.11. The maximum absolute atomic E-state index is 9.02. The number of nitrogens with zero attached hydrogens (tertiary/aromatic N) is 1. The van der Waals surface area contributed by atoms with Gasteiger partial charge in [0.05, 0.1) is 0 Å². The van der Waals surface area contributed by atoms with Gasteiger partial charge in [0, 0.05) is 17.9 Å². The fourth-order valence-electron chi connectivity index (χ4n) is 1.89. The van der Waals surface area contributed by atoms with Crippen LogP contribution in [-0.4, -0.2) is 41.0 Å². The molecule has 0 amide bonds. The number of piperidine rings is 1. The van der Waals surface area contributed by atoms with Crippen LogP contribution in [0.1, 0.15) is 26.7 Å². The Balaban J connectivity index is 2.28. The summed E-state index contributed by atoms with van der Waals surface area (Å²) in [7, 11) is 1.63. The molecule has 1 heterocycles. The fourth-order valence-corrected chi connectivity index (χ4v) is 2.31. The van der Waals surface area contributed by atoms with E-state index in [9.17, 15) is 0 Å². The largest absolute Gasteiger partial charge is 0.396 e. The van der Waals surface area contributed by atoms with Crippen LogP contribution in [0.4, 0.5) is 0 Å². The van der Waals surface area contributed by atoms with E-state index in [2.05, 4.69) is 30.4 Å². The van der Waals surface area contributed by atoms with Crippen molar-refractivity contribution >= 4 is 22.5 Å². The zero-order chi connectivity index (χ0) is 10.6. The van der Waals surface area contributed by atoms with Crippen molar-refractivity contribution in [1.29, 1.82) is 0 Å². The minimum absolute atomic E-state index is 0.231. The molecule has 1 rings (SSSR count). The highest BCUT2D eigenvalue weighted by molar-refractivity contribution is 8.69. The van der Waals surface area contributed by atoms with Crippen LogP contribution in [0.5, 0.6) is 0 Å². The number of hydrogen-bond acceptors (Lipinski definition) is 4. The van der Waals surface area contributed by atoms with E-state index < -0.39 is 0 Å². The normalized spacial score (nSPS) is 21.4. The third-order valence-electron chi connectivity index (χ3n) is 2.82. The van der Waals surface area contributed by atoms with Crippen molar-refractivity contribution in [3.05, 3.63) is 0 Å². The van der Waals surface area contributed by atoms with E-state index in [-0.39, 0.29) is 4.75 Å². The molecule has 0 aromatic carbocycles. The third kappa shape index (κ3) is 4.01. The fraction of sp³-hybridized carbons (Fsp3) is 1.00. The average Bonchev–Trinajstić information content (AvgIpc) is 2.19. The Labute approximate surface area is 96.3 Å². The first-order valence-electron chi connectivity index (χ1n) is 5.23. The van der Waals surface area contributed by atoms with E-state index in [1.807, 2.05) is 0 Å². The molecule has 0 aromatic rings. The highest BCUT2D eigenvalue weighted by Gasteiger charge is 2.24. The molecule has 0 aromatic heterocycles. The standard InChI is InChI=1S/C10H21NOS2/c1-10(2,14-13)8-11-5-3-9(7-12)4-6-11/h9,12-13H,3-8H2,1-2H3. The second-order valence-corrected chi connectivity index (χ2v) is 6.59.